The summed E-state index contributed by atoms with van der Waals surface area (Å²) in [4.78, 5) is 0. The third-order valence-corrected chi connectivity index (χ3v) is 3.89. The number of rotatable bonds is 5. The van der Waals surface area contributed by atoms with E-state index in [1.54, 1.807) is 19.1 Å². The van der Waals surface area contributed by atoms with Crippen LogP contribution in [0.5, 0.6) is 11.5 Å². The van der Waals surface area contributed by atoms with Gasteiger partial charge in [-0.05, 0) is 61.2 Å². The molecule has 1 atom stereocenters. The average molecular weight is 352 g/mol. The van der Waals surface area contributed by atoms with Crippen LogP contribution in [0.3, 0.4) is 0 Å². The van der Waals surface area contributed by atoms with Crippen LogP contribution in [-0.2, 0) is 6.42 Å². The first kappa shape index (κ1) is 16.0. The summed E-state index contributed by atoms with van der Waals surface area (Å²) in [5, 5.41) is 0. The lowest BCUT2D eigenvalue weighted by Crippen LogP contribution is -2.21. The Morgan fingerprint density at radius 1 is 1.24 bits per heavy atom. The molecule has 0 saturated carbocycles. The average Bonchev–Trinajstić information content (AvgIpc) is 2.45. The number of hydrogen-bond acceptors (Lipinski definition) is 2. The molecule has 2 N–H and O–H groups in total. The molecule has 0 aliphatic carbocycles. The van der Waals surface area contributed by atoms with Gasteiger partial charge in [-0.25, -0.2) is 4.39 Å². The van der Waals surface area contributed by atoms with E-state index in [0.717, 1.165) is 28.6 Å². The summed E-state index contributed by atoms with van der Waals surface area (Å²) in [5.74, 6) is 1.14. The highest BCUT2D eigenvalue weighted by Gasteiger charge is 2.10. The quantitative estimate of drug-likeness (QED) is 0.825. The van der Waals surface area contributed by atoms with Gasteiger partial charge in [-0.2, -0.15) is 0 Å². The van der Waals surface area contributed by atoms with Crippen molar-refractivity contribution in [2.75, 3.05) is 0 Å². The van der Waals surface area contributed by atoms with Crippen LogP contribution < -0.4 is 10.5 Å². The molecule has 2 nitrogen and oxygen atoms in total. The van der Waals surface area contributed by atoms with E-state index in [-0.39, 0.29) is 11.9 Å². The summed E-state index contributed by atoms with van der Waals surface area (Å²) < 4.78 is 20.2. The first-order valence-corrected chi connectivity index (χ1v) is 7.77. The van der Waals surface area contributed by atoms with E-state index >= 15 is 0 Å². The second-order valence-corrected chi connectivity index (χ2v) is 6.05. The monoisotopic (exact) mass is 351 g/mol. The molecule has 0 aliphatic heterocycles. The molecule has 0 fully saturated rings. The number of aryl methyl sites for hydroxylation is 1. The van der Waals surface area contributed by atoms with E-state index in [4.69, 9.17) is 10.5 Å². The Bertz CT molecular complexity index is 630. The maximum atomic E-state index is 13.3. The van der Waals surface area contributed by atoms with E-state index in [1.165, 1.54) is 6.07 Å². The lowest BCUT2D eigenvalue weighted by Gasteiger charge is -2.15. The Kier molecular flexibility index (Phi) is 5.37. The van der Waals surface area contributed by atoms with Crippen molar-refractivity contribution < 1.29 is 9.13 Å². The van der Waals surface area contributed by atoms with E-state index in [0.29, 0.717) is 11.3 Å². The molecule has 0 aromatic heterocycles. The molecule has 112 valence electrons. The lowest BCUT2D eigenvalue weighted by atomic mass is 10.0. The van der Waals surface area contributed by atoms with Gasteiger partial charge < -0.3 is 10.5 Å². The number of nitrogens with two attached hydrogens (primary N) is 1. The summed E-state index contributed by atoms with van der Waals surface area (Å²) in [6.07, 6.45) is 1.66. The molecule has 2 aromatic rings. The summed E-state index contributed by atoms with van der Waals surface area (Å²) in [6, 6.07) is 10.7. The number of hydrogen-bond donors (Lipinski definition) is 1. The van der Waals surface area contributed by atoms with Crippen LogP contribution in [0.4, 0.5) is 4.39 Å². The summed E-state index contributed by atoms with van der Waals surface area (Å²) in [6.45, 7) is 3.78. The molecule has 21 heavy (non-hydrogen) atoms. The number of ether oxygens (including phenoxy) is 1. The van der Waals surface area contributed by atoms with Crippen molar-refractivity contribution >= 4 is 15.9 Å². The van der Waals surface area contributed by atoms with Crippen LogP contribution in [0, 0.1) is 12.7 Å². The minimum absolute atomic E-state index is 0.100. The fourth-order valence-electron chi connectivity index (χ4n) is 2.03. The molecule has 4 heteroatoms. The molecule has 2 rings (SSSR count). The highest BCUT2D eigenvalue weighted by Crippen LogP contribution is 2.30. The molecule has 0 bridgehead atoms. The minimum Gasteiger partial charge on any atom is -0.457 e. The topological polar surface area (TPSA) is 35.2 Å². The molecule has 0 aliphatic rings. The van der Waals surface area contributed by atoms with Gasteiger partial charge in [0, 0.05) is 10.5 Å². The molecule has 0 amide bonds. The molecule has 0 radical (unpaired) electrons. The first-order chi connectivity index (χ1) is 9.99. The maximum absolute atomic E-state index is 13.3. The summed E-state index contributed by atoms with van der Waals surface area (Å²) in [5.41, 5.74) is 7.65. The van der Waals surface area contributed by atoms with Crippen molar-refractivity contribution in [3.05, 3.63) is 57.8 Å². The molecular weight excluding hydrogens is 333 g/mol. The van der Waals surface area contributed by atoms with Crippen LogP contribution in [0.1, 0.15) is 24.5 Å². The highest BCUT2D eigenvalue weighted by atomic mass is 79.9. The van der Waals surface area contributed by atoms with Gasteiger partial charge in [0.1, 0.15) is 17.3 Å². The second kappa shape index (κ2) is 7.05. The fourth-order valence-corrected chi connectivity index (χ4v) is 2.37. The van der Waals surface area contributed by atoms with Gasteiger partial charge in [-0.15, -0.1) is 0 Å². The zero-order valence-electron chi connectivity index (χ0n) is 12.2. The van der Waals surface area contributed by atoms with Crippen LogP contribution in [0.2, 0.25) is 0 Å². The van der Waals surface area contributed by atoms with Crippen LogP contribution in [0.25, 0.3) is 0 Å². The zero-order valence-corrected chi connectivity index (χ0v) is 13.8. The van der Waals surface area contributed by atoms with Crippen molar-refractivity contribution in [2.24, 2.45) is 5.73 Å². The summed E-state index contributed by atoms with van der Waals surface area (Å²) in [7, 11) is 0. The summed E-state index contributed by atoms with van der Waals surface area (Å²) >= 11 is 3.45. The van der Waals surface area contributed by atoms with Crippen LogP contribution in [0.15, 0.2) is 40.9 Å². The van der Waals surface area contributed by atoms with Gasteiger partial charge in [-0.3, -0.25) is 0 Å². The van der Waals surface area contributed by atoms with Gasteiger partial charge in [0.2, 0.25) is 0 Å². The number of benzene rings is 2. The molecule has 0 saturated heterocycles. The third kappa shape index (κ3) is 4.29. The van der Waals surface area contributed by atoms with Gasteiger partial charge in [0.25, 0.3) is 0 Å². The zero-order chi connectivity index (χ0) is 15.4. The second-order valence-electron chi connectivity index (χ2n) is 5.14. The maximum Gasteiger partial charge on any atom is 0.131 e. The van der Waals surface area contributed by atoms with E-state index in [1.807, 2.05) is 18.2 Å². The molecule has 2 aromatic carbocycles. The minimum atomic E-state index is -0.232. The molecule has 0 heterocycles. The SMILES string of the molecule is CCC(N)Cc1ccc(Br)cc1Oc1ccc(F)c(C)c1. The van der Waals surface area contributed by atoms with Crippen molar-refractivity contribution in [3.63, 3.8) is 0 Å². The Morgan fingerprint density at radius 2 is 2.00 bits per heavy atom. The number of halogens is 2. The molecule has 0 spiro atoms. The predicted molar refractivity (Wildman–Crippen MR) is 87.3 cm³/mol. The van der Waals surface area contributed by atoms with Crippen molar-refractivity contribution in [1.82, 2.24) is 0 Å². The van der Waals surface area contributed by atoms with Gasteiger partial charge in [-0.1, -0.05) is 28.9 Å². The Hall–Kier alpha value is -1.39. The van der Waals surface area contributed by atoms with E-state index in [9.17, 15) is 4.39 Å². The molecular formula is C17H19BrFNO. The third-order valence-electron chi connectivity index (χ3n) is 3.39. The largest absolute Gasteiger partial charge is 0.457 e. The Balaban J connectivity index is 2.28. The highest BCUT2D eigenvalue weighted by molar-refractivity contribution is 9.10. The fraction of sp³-hybridized carbons (Fsp3) is 0.294. The van der Waals surface area contributed by atoms with Gasteiger partial charge in [0.15, 0.2) is 0 Å². The van der Waals surface area contributed by atoms with Crippen molar-refractivity contribution in [1.29, 1.82) is 0 Å². The van der Waals surface area contributed by atoms with Crippen molar-refractivity contribution in [3.8, 4) is 11.5 Å². The van der Waals surface area contributed by atoms with Gasteiger partial charge >= 0.3 is 0 Å². The Morgan fingerprint density at radius 3 is 2.67 bits per heavy atom. The molecule has 1 unspecified atom stereocenters. The smallest absolute Gasteiger partial charge is 0.131 e. The standard InChI is InChI=1S/C17H19BrFNO/c1-3-14(20)9-12-4-5-13(18)10-17(12)21-15-6-7-16(19)11(2)8-15/h4-8,10,14H,3,9,20H2,1-2H3. The first-order valence-electron chi connectivity index (χ1n) is 6.97. The van der Waals surface area contributed by atoms with Crippen molar-refractivity contribution in [2.45, 2.75) is 32.7 Å². The van der Waals surface area contributed by atoms with E-state index < -0.39 is 0 Å². The lowest BCUT2D eigenvalue weighted by molar-refractivity contribution is 0.469. The van der Waals surface area contributed by atoms with Gasteiger partial charge in [0.05, 0.1) is 0 Å². The van der Waals surface area contributed by atoms with Crippen LogP contribution in [-0.4, -0.2) is 6.04 Å². The Labute approximate surface area is 133 Å². The van der Waals surface area contributed by atoms with Crippen LogP contribution >= 0.6 is 15.9 Å². The predicted octanol–water partition coefficient (Wildman–Crippen LogP) is 4.97. The van der Waals surface area contributed by atoms with E-state index in [2.05, 4.69) is 22.9 Å². The normalized spacial score (nSPS) is 12.2.